The van der Waals surface area contributed by atoms with Crippen LogP contribution < -0.4 is 11.2 Å². The van der Waals surface area contributed by atoms with Crippen molar-refractivity contribution < 1.29 is 5.11 Å². The van der Waals surface area contributed by atoms with Gasteiger partial charge in [-0.1, -0.05) is 0 Å². The van der Waals surface area contributed by atoms with Gasteiger partial charge in [0.1, 0.15) is 0 Å². The molecule has 104 valence electrons. The van der Waals surface area contributed by atoms with Gasteiger partial charge in [0.05, 0.1) is 0 Å². The second kappa shape index (κ2) is 5.40. The molecular formula is C14H14N2O3Se. The molecule has 20 heavy (non-hydrogen) atoms. The summed E-state index contributed by atoms with van der Waals surface area (Å²) >= 11 is 0.147. The molecule has 0 unspecified atom stereocenters. The predicted molar refractivity (Wildman–Crippen MR) is 77.1 cm³/mol. The van der Waals surface area contributed by atoms with E-state index in [0.29, 0.717) is 12.0 Å². The fraction of sp³-hybridized carbons (Fsp3) is 0.286. The molecule has 0 aromatic carbocycles. The van der Waals surface area contributed by atoms with Crippen LogP contribution in [0.25, 0.3) is 10.0 Å². The van der Waals surface area contributed by atoms with Gasteiger partial charge in [0.25, 0.3) is 0 Å². The average molecular weight is 337 g/mol. The first-order chi connectivity index (χ1) is 9.69. The molecule has 2 atom stereocenters. The molecular weight excluding hydrogens is 323 g/mol. The van der Waals surface area contributed by atoms with Gasteiger partial charge in [-0.15, -0.1) is 0 Å². The van der Waals surface area contributed by atoms with Crippen LogP contribution in [0.5, 0.6) is 0 Å². The van der Waals surface area contributed by atoms with Crippen molar-refractivity contribution in [2.45, 2.75) is 12.5 Å². The topological polar surface area (TPSA) is 75.1 Å². The van der Waals surface area contributed by atoms with Crippen LogP contribution in [0.2, 0.25) is 0 Å². The quantitative estimate of drug-likeness (QED) is 0.628. The summed E-state index contributed by atoms with van der Waals surface area (Å²) < 4.78 is 2.53. The SMILES string of the molecule is O=c1[nH]c(=O)n([C@H]2C=C[C@@H](CO)C2)cc1-c1ccc[se]1. The summed E-state index contributed by atoms with van der Waals surface area (Å²) in [5, 5.41) is 9.16. The number of hydrogen-bond donors (Lipinski definition) is 2. The van der Waals surface area contributed by atoms with Crippen LogP contribution in [0.15, 0.2) is 45.0 Å². The second-order valence-electron chi connectivity index (χ2n) is 4.82. The first-order valence-electron chi connectivity index (χ1n) is 6.37. The number of aromatic amines is 1. The average Bonchev–Trinajstić information content (AvgIpc) is 3.09. The maximum atomic E-state index is 12.0. The standard InChI is InChI=1S/C14H14N2O3Se/c17-8-9-3-4-10(6-9)16-7-11(12-2-1-5-20-12)13(18)15-14(16)19/h1-5,7,9-10,17H,6,8H2,(H,15,18,19)/t9-,10+/m1/s1. The van der Waals surface area contributed by atoms with Gasteiger partial charge < -0.3 is 0 Å². The Morgan fingerprint density at radius 3 is 2.90 bits per heavy atom. The molecule has 3 rings (SSSR count). The summed E-state index contributed by atoms with van der Waals surface area (Å²) in [5.41, 5.74) is -0.162. The zero-order chi connectivity index (χ0) is 14.1. The van der Waals surface area contributed by atoms with Crippen LogP contribution in [0.3, 0.4) is 0 Å². The summed E-state index contributed by atoms with van der Waals surface area (Å²) in [7, 11) is 0. The van der Waals surface area contributed by atoms with Crippen molar-refractivity contribution in [3.05, 3.63) is 56.3 Å². The van der Waals surface area contributed by atoms with Crippen molar-refractivity contribution >= 4 is 14.5 Å². The van der Waals surface area contributed by atoms with Crippen LogP contribution >= 0.6 is 0 Å². The van der Waals surface area contributed by atoms with Crippen molar-refractivity contribution in [3.63, 3.8) is 0 Å². The van der Waals surface area contributed by atoms with Crippen LogP contribution in [0.4, 0.5) is 0 Å². The molecule has 6 heteroatoms. The van der Waals surface area contributed by atoms with Gasteiger partial charge in [-0.2, -0.15) is 0 Å². The van der Waals surface area contributed by atoms with Gasteiger partial charge in [-0.3, -0.25) is 0 Å². The number of nitrogens with zero attached hydrogens (tertiary/aromatic N) is 1. The van der Waals surface area contributed by atoms with E-state index in [0.717, 1.165) is 4.44 Å². The number of rotatable bonds is 3. The Balaban J connectivity index is 2.05. The van der Waals surface area contributed by atoms with Crippen LogP contribution in [-0.2, 0) is 0 Å². The minimum atomic E-state index is -0.397. The van der Waals surface area contributed by atoms with Crippen molar-refractivity contribution in [1.29, 1.82) is 0 Å². The summed E-state index contributed by atoms with van der Waals surface area (Å²) in [5.74, 6) is 0.0823. The number of nitrogens with one attached hydrogen (secondary N) is 1. The van der Waals surface area contributed by atoms with Gasteiger partial charge in [-0.05, 0) is 0 Å². The van der Waals surface area contributed by atoms with Crippen molar-refractivity contribution in [3.8, 4) is 10.0 Å². The van der Waals surface area contributed by atoms with Gasteiger partial charge >= 0.3 is 120 Å². The number of aliphatic hydroxyl groups is 1. The van der Waals surface area contributed by atoms with Gasteiger partial charge in [-0.25, -0.2) is 0 Å². The number of aromatic nitrogens is 2. The van der Waals surface area contributed by atoms with Crippen LogP contribution in [0.1, 0.15) is 12.5 Å². The summed E-state index contributed by atoms with van der Waals surface area (Å²) in [4.78, 5) is 28.3. The third-order valence-corrected chi connectivity index (χ3v) is 5.39. The molecule has 0 spiro atoms. The molecule has 0 bridgehead atoms. The first-order valence-corrected chi connectivity index (χ1v) is 8.22. The molecule has 0 saturated heterocycles. The molecule has 2 heterocycles. The maximum absolute atomic E-state index is 12.0. The van der Waals surface area contributed by atoms with Crippen LogP contribution in [0, 0.1) is 5.92 Å². The molecule has 2 aromatic rings. The predicted octanol–water partition coefficient (Wildman–Crippen LogP) is 0.370. The van der Waals surface area contributed by atoms with E-state index in [-0.39, 0.29) is 38.6 Å². The number of aliphatic hydroxyl groups excluding tert-OH is 1. The Bertz CT molecular complexity index is 743. The molecule has 2 N–H and O–H groups in total. The normalized spacial score (nSPS) is 21.4. The van der Waals surface area contributed by atoms with E-state index in [1.54, 1.807) is 10.8 Å². The Hall–Kier alpha value is -1.62. The van der Waals surface area contributed by atoms with Crippen molar-refractivity contribution in [2.24, 2.45) is 5.92 Å². The van der Waals surface area contributed by atoms with E-state index in [1.807, 2.05) is 29.2 Å². The summed E-state index contributed by atoms with van der Waals surface area (Å²) in [6.07, 6.45) is 6.17. The van der Waals surface area contributed by atoms with Gasteiger partial charge in [0.2, 0.25) is 0 Å². The molecule has 0 fully saturated rings. The number of H-pyrrole nitrogens is 1. The fourth-order valence-corrected chi connectivity index (χ4v) is 3.97. The molecule has 1 aliphatic carbocycles. The molecule has 0 radical (unpaired) electrons. The zero-order valence-electron chi connectivity index (χ0n) is 10.7. The van der Waals surface area contributed by atoms with E-state index in [4.69, 9.17) is 5.11 Å². The third-order valence-electron chi connectivity index (χ3n) is 3.50. The summed E-state index contributed by atoms with van der Waals surface area (Å²) in [6, 6.07) is 3.75. The van der Waals surface area contributed by atoms with Gasteiger partial charge in [0.15, 0.2) is 0 Å². The molecule has 0 amide bonds. The van der Waals surface area contributed by atoms with Crippen molar-refractivity contribution in [1.82, 2.24) is 9.55 Å². The number of allylic oxidation sites excluding steroid dienone is 1. The zero-order valence-corrected chi connectivity index (χ0v) is 12.4. The number of hydrogen-bond acceptors (Lipinski definition) is 3. The van der Waals surface area contributed by atoms with E-state index >= 15 is 0 Å². The molecule has 5 nitrogen and oxygen atoms in total. The van der Waals surface area contributed by atoms with Gasteiger partial charge in [0, 0.05) is 0 Å². The molecule has 0 saturated carbocycles. The Morgan fingerprint density at radius 1 is 1.40 bits per heavy atom. The monoisotopic (exact) mass is 338 g/mol. The second-order valence-corrected chi connectivity index (χ2v) is 6.81. The fourth-order valence-electron chi connectivity index (χ4n) is 2.43. The Kier molecular flexibility index (Phi) is 3.61. The van der Waals surface area contributed by atoms with E-state index in [2.05, 4.69) is 4.98 Å². The van der Waals surface area contributed by atoms with Crippen LogP contribution in [-0.4, -0.2) is 35.8 Å². The third kappa shape index (κ3) is 2.38. The summed E-state index contributed by atoms with van der Waals surface area (Å²) in [6.45, 7) is 0.0795. The molecule has 0 aliphatic heterocycles. The molecule has 2 aromatic heterocycles. The van der Waals surface area contributed by atoms with E-state index in [1.165, 1.54) is 0 Å². The van der Waals surface area contributed by atoms with E-state index in [9.17, 15) is 9.59 Å². The first kappa shape index (κ1) is 13.4. The minimum absolute atomic E-state index is 0.0795. The van der Waals surface area contributed by atoms with E-state index < -0.39 is 5.69 Å². The van der Waals surface area contributed by atoms with Crippen molar-refractivity contribution in [2.75, 3.05) is 6.61 Å². The Labute approximate surface area is 121 Å². The molecule has 1 aliphatic rings. The Morgan fingerprint density at radius 2 is 2.25 bits per heavy atom.